The van der Waals surface area contributed by atoms with E-state index in [1.807, 2.05) is 0 Å². The van der Waals surface area contributed by atoms with Crippen LogP contribution in [-0.4, -0.2) is 78.9 Å². The molecule has 0 fully saturated rings. The molecule has 8 rings (SSSR count). The van der Waals surface area contributed by atoms with Gasteiger partial charge in [-0.3, -0.25) is 0 Å². The monoisotopic (exact) mass is 710 g/mol. The molecule has 4 unspecified atom stereocenters. The van der Waals surface area contributed by atoms with Gasteiger partial charge in [0.05, 0.1) is 0 Å². The third-order valence-electron chi connectivity index (χ3n) is 14.3. The molecule has 4 aliphatic rings. The topological polar surface area (TPSA) is 0 Å². The number of rotatable bonds is 7. The summed E-state index contributed by atoms with van der Waals surface area (Å²) >= 11 is 9.56. The first kappa shape index (κ1) is 41.6. The van der Waals surface area contributed by atoms with E-state index in [0.29, 0.717) is 30.2 Å². The Morgan fingerprint density at radius 1 is 0.509 bits per heavy atom. The average molecular weight is 711 g/mol. The van der Waals surface area contributed by atoms with Crippen molar-refractivity contribution in [1.29, 1.82) is 0 Å². The molecule has 0 amide bonds. The van der Waals surface area contributed by atoms with Gasteiger partial charge >= 0.3 is 375 Å². The fourth-order valence-corrected chi connectivity index (χ4v) is 15.3. The molecule has 0 aromatic heterocycles. The van der Waals surface area contributed by atoms with Crippen LogP contribution >= 0.6 is 0 Å². The molecular weight excluding hydrogens is 656 g/mol. The molecule has 4 aliphatic carbocycles. The molecule has 4 aromatic rings. The zero-order valence-electron chi connectivity index (χ0n) is 36.5. The van der Waals surface area contributed by atoms with E-state index in [1.54, 1.807) is 54.9 Å². The van der Waals surface area contributed by atoms with Crippen molar-refractivity contribution in [3.05, 3.63) is 162 Å². The summed E-state index contributed by atoms with van der Waals surface area (Å²) in [6.07, 6.45) is 7.18. The van der Waals surface area contributed by atoms with Gasteiger partial charge in [0, 0.05) is 0 Å². The third-order valence-corrected chi connectivity index (χ3v) is 18.1. The predicted molar refractivity (Wildman–Crippen MR) is 245 cm³/mol. The zero-order chi connectivity index (χ0) is 39.7. The Labute approximate surface area is 371 Å². The summed E-state index contributed by atoms with van der Waals surface area (Å²) in [4.78, 5) is 0. The quantitative estimate of drug-likeness (QED) is 0.168. The van der Waals surface area contributed by atoms with Gasteiger partial charge in [0.1, 0.15) is 0 Å². The Kier molecular flexibility index (Phi) is 12.3. The van der Waals surface area contributed by atoms with E-state index in [9.17, 15) is 0 Å². The summed E-state index contributed by atoms with van der Waals surface area (Å²) in [6.45, 7) is 24.1. The van der Waals surface area contributed by atoms with E-state index in [0.717, 1.165) is 0 Å². The van der Waals surface area contributed by atoms with Gasteiger partial charge in [0.2, 0.25) is 0 Å². The van der Waals surface area contributed by atoms with Crippen LogP contribution in [0.15, 0.2) is 95.1 Å². The van der Waals surface area contributed by atoms with E-state index < -0.39 is 8.07 Å². The van der Waals surface area contributed by atoms with Gasteiger partial charge in [-0.1, -0.05) is 0 Å². The minimum atomic E-state index is -1.94. The second-order valence-electron chi connectivity index (χ2n) is 18.7. The van der Waals surface area contributed by atoms with Gasteiger partial charge in [-0.15, -0.1) is 0 Å². The molecule has 4 aromatic carbocycles. The van der Waals surface area contributed by atoms with Crippen molar-refractivity contribution >= 4 is 101 Å². The van der Waals surface area contributed by atoms with Gasteiger partial charge < -0.3 is 0 Å². The van der Waals surface area contributed by atoms with Crippen LogP contribution in [0.3, 0.4) is 0 Å². The summed E-state index contributed by atoms with van der Waals surface area (Å²) in [5.74, 6) is 1.14. The molecule has 5 heteroatoms. The van der Waals surface area contributed by atoms with Crippen molar-refractivity contribution in [1.82, 2.24) is 0 Å². The number of benzene rings is 4. The molecular formula is C50H54Li4Si. The van der Waals surface area contributed by atoms with Crippen molar-refractivity contribution in [3.8, 4) is 0 Å². The van der Waals surface area contributed by atoms with Gasteiger partial charge in [0.25, 0.3) is 0 Å². The second kappa shape index (κ2) is 16.2. The Morgan fingerprint density at radius 2 is 0.873 bits per heavy atom. The van der Waals surface area contributed by atoms with Crippen LogP contribution in [0.2, 0.25) is 13.1 Å². The van der Waals surface area contributed by atoms with Crippen LogP contribution in [0.5, 0.6) is 0 Å². The Hall–Kier alpha value is -1.55. The Balaban J connectivity index is 0.000000183. The molecule has 0 saturated heterocycles. The van der Waals surface area contributed by atoms with E-state index in [2.05, 4.69) is 224 Å². The molecule has 0 saturated carbocycles. The number of fused-ring (bicyclic) bond motifs is 4. The molecule has 55 heavy (non-hydrogen) atoms. The first-order valence-corrected chi connectivity index (χ1v) is 24.3. The summed E-state index contributed by atoms with van der Waals surface area (Å²) in [6, 6.07) is 27.6. The number of hydrogen-bond donors (Lipinski definition) is 0. The summed E-state index contributed by atoms with van der Waals surface area (Å²) < 4.78 is 2.19. The van der Waals surface area contributed by atoms with E-state index in [4.69, 9.17) is 0 Å². The van der Waals surface area contributed by atoms with Gasteiger partial charge in [-0.05, 0) is 0 Å². The van der Waals surface area contributed by atoms with Crippen molar-refractivity contribution in [2.75, 3.05) is 0 Å². The molecule has 0 radical (unpaired) electrons. The first-order valence-electron chi connectivity index (χ1n) is 21.3. The van der Waals surface area contributed by atoms with E-state index in [1.165, 1.54) is 57.3 Å². The number of aryl methyl sites for hydroxylation is 2. The Bertz CT molecular complexity index is 2150. The first-order chi connectivity index (χ1) is 26.0. The SMILES string of the molecule is [Li][CH]1C(C)=C([Si](C)(C)C2=C(C)[CH]([Li])c3cc(C(C)C)cc(C)c32)c2c(C)cc(C(C)C)cc21.[Li][CH]1C(CCC2=Cc3ccccc3[CH]2[Li])=Cc2ccccc21. The molecule has 0 N–H and O–H groups in total. The maximum atomic E-state index is 2.62. The van der Waals surface area contributed by atoms with Crippen LogP contribution in [0, 0.1) is 13.8 Å². The summed E-state index contributed by atoms with van der Waals surface area (Å²) in [7, 11) is -1.94. The van der Waals surface area contributed by atoms with E-state index in [-0.39, 0.29) is 0 Å². The van der Waals surface area contributed by atoms with Crippen molar-refractivity contribution in [3.63, 3.8) is 0 Å². The zero-order valence-corrected chi connectivity index (χ0v) is 37.5. The van der Waals surface area contributed by atoms with Gasteiger partial charge in [-0.25, -0.2) is 0 Å². The molecule has 0 nitrogen and oxygen atoms in total. The fraction of sp³-hybridized carbons (Fsp3) is 0.360. The maximum absolute atomic E-state index is 2.62. The molecule has 0 spiro atoms. The van der Waals surface area contributed by atoms with Crippen molar-refractivity contribution in [2.24, 2.45) is 0 Å². The molecule has 4 atom stereocenters. The van der Waals surface area contributed by atoms with E-state index >= 15 is 0 Å². The number of hydrogen-bond acceptors (Lipinski definition) is 0. The predicted octanol–water partition coefficient (Wildman–Crippen LogP) is 12.4. The Morgan fingerprint density at radius 3 is 1.22 bits per heavy atom. The normalized spacial score (nSPS) is 21.2. The van der Waals surface area contributed by atoms with Crippen LogP contribution in [0.4, 0.5) is 0 Å². The van der Waals surface area contributed by atoms with Crippen LogP contribution < -0.4 is 0 Å². The summed E-state index contributed by atoms with van der Waals surface area (Å²) in [5.41, 5.74) is 24.5. The van der Waals surface area contributed by atoms with Crippen LogP contribution in [-0.2, 0) is 0 Å². The molecule has 0 heterocycles. The van der Waals surface area contributed by atoms with Crippen LogP contribution in [0.25, 0.3) is 22.5 Å². The second-order valence-corrected chi connectivity index (χ2v) is 23.0. The van der Waals surface area contributed by atoms with Gasteiger partial charge in [0.15, 0.2) is 0 Å². The van der Waals surface area contributed by atoms with Gasteiger partial charge in [-0.2, -0.15) is 0 Å². The van der Waals surface area contributed by atoms with Crippen LogP contribution in [0.1, 0.15) is 151 Å². The van der Waals surface area contributed by atoms with Crippen molar-refractivity contribution < 1.29 is 0 Å². The number of allylic oxidation sites excluding steroid dienone is 4. The molecule has 262 valence electrons. The molecule has 0 bridgehead atoms. The average Bonchev–Trinajstić information content (AvgIpc) is 3.82. The van der Waals surface area contributed by atoms with Crippen molar-refractivity contribution in [2.45, 2.75) is 112 Å². The fourth-order valence-electron chi connectivity index (χ4n) is 10.7. The molecule has 0 aliphatic heterocycles. The standard InChI is InChI=1S/C30H38Si.C20H16.4Li/c1-17(2)23-11-19(5)27-25(15-23)13-21(7)29(27)31(9,10)30-22(8)14-26-16-24(18(3)4)12-20(6)28(26)30;1-2-6-18-12-15(11-17(18)5-1)9-10-16-13-19-7-3-4-8-20(19)14-16;;;;/h11-18H,1-10H3;1-8,11-14H,9-10H2;;;;. The third kappa shape index (κ3) is 7.49. The minimum absolute atomic E-state index is 0.516. The summed E-state index contributed by atoms with van der Waals surface area (Å²) in [5, 5.41) is 3.42.